The molecule has 0 aliphatic rings. The van der Waals surface area contributed by atoms with Crippen LogP contribution in [0.25, 0.3) is 0 Å². The first-order chi connectivity index (χ1) is 17.9. The molecule has 3 aromatic carbocycles. The molecule has 0 unspecified atom stereocenters. The molecule has 0 saturated heterocycles. The van der Waals surface area contributed by atoms with E-state index < -0.39 is 28.5 Å². The molecule has 38 heavy (non-hydrogen) atoms. The minimum absolute atomic E-state index is 0.0173. The number of carbonyl (C=O) groups is 2. The van der Waals surface area contributed by atoms with Crippen molar-refractivity contribution in [3.05, 3.63) is 93.4 Å². The number of nitrogens with one attached hydrogen (secondary N) is 1. The van der Waals surface area contributed by atoms with Gasteiger partial charge in [0, 0.05) is 17.6 Å². The van der Waals surface area contributed by atoms with E-state index in [0.29, 0.717) is 10.6 Å². The monoisotopic (exact) mass is 595 g/mol. The predicted molar refractivity (Wildman–Crippen MR) is 152 cm³/mol. The Bertz CT molecular complexity index is 1380. The van der Waals surface area contributed by atoms with Gasteiger partial charge in [0.25, 0.3) is 10.0 Å². The van der Waals surface area contributed by atoms with Crippen LogP contribution in [0.2, 0.25) is 15.1 Å². The fraction of sp³-hybridized carbons (Fsp3) is 0.259. The van der Waals surface area contributed by atoms with Gasteiger partial charge in [0.15, 0.2) is 0 Å². The molecule has 7 nitrogen and oxygen atoms in total. The molecule has 2 amide bonds. The van der Waals surface area contributed by atoms with E-state index in [4.69, 9.17) is 34.8 Å². The van der Waals surface area contributed by atoms with Crippen LogP contribution in [0.5, 0.6) is 0 Å². The first-order valence-electron chi connectivity index (χ1n) is 11.8. The number of hydrogen-bond donors (Lipinski definition) is 1. The fourth-order valence-corrected chi connectivity index (χ4v) is 5.71. The Labute approximate surface area is 238 Å². The van der Waals surface area contributed by atoms with Gasteiger partial charge in [-0.25, -0.2) is 8.42 Å². The third-order valence-electron chi connectivity index (χ3n) is 5.67. The molecule has 0 fully saturated rings. The highest BCUT2D eigenvalue weighted by Crippen LogP contribution is 2.35. The summed E-state index contributed by atoms with van der Waals surface area (Å²) < 4.78 is 28.4. The van der Waals surface area contributed by atoms with Gasteiger partial charge in [-0.2, -0.15) is 0 Å². The highest BCUT2D eigenvalue weighted by Gasteiger charge is 2.33. The summed E-state index contributed by atoms with van der Waals surface area (Å²) in [5.74, 6) is -0.984. The van der Waals surface area contributed by atoms with Crippen LogP contribution in [0.3, 0.4) is 0 Å². The third-order valence-corrected chi connectivity index (χ3v) is 8.51. The first-order valence-corrected chi connectivity index (χ1v) is 14.3. The van der Waals surface area contributed by atoms with Crippen LogP contribution in [0.4, 0.5) is 5.69 Å². The van der Waals surface area contributed by atoms with Gasteiger partial charge in [-0.05, 0) is 62.7 Å². The van der Waals surface area contributed by atoms with Crippen molar-refractivity contribution in [2.24, 2.45) is 0 Å². The maximum absolute atomic E-state index is 13.8. The van der Waals surface area contributed by atoms with E-state index in [1.807, 2.05) is 13.8 Å². The second-order valence-corrected chi connectivity index (χ2v) is 12.0. The van der Waals surface area contributed by atoms with Crippen LogP contribution in [0.15, 0.2) is 77.7 Å². The van der Waals surface area contributed by atoms with Gasteiger partial charge < -0.3 is 10.2 Å². The minimum Gasteiger partial charge on any atom is -0.352 e. The van der Waals surface area contributed by atoms with Crippen LogP contribution in [0.1, 0.15) is 26.3 Å². The lowest BCUT2D eigenvalue weighted by Gasteiger charge is -2.32. The van der Waals surface area contributed by atoms with Crippen LogP contribution in [-0.2, 0) is 26.2 Å². The normalized spacial score (nSPS) is 12.2. The molecular formula is C27H28Cl3N3O4S. The molecule has 1 N–H and O–H groups in total. The van der Waals surface area contributed by atoms with Gasteiger partial charge in [0.1, 0.15) is 12.6 Å². The van der Waals surface area contributed by atoms with Crippen molar-refractivity contribution in [3.8, 4) is 0 Å². The van der Waals surface area contributed by atoms with E-state index in [1.54, 1.807) is 55.5 Å². The summed E-state index contributed by atoms with van der Waals surface area (Å²) >= 11 is 18.6. The number of carbonyl (C=O) groups excluding carboxylic acids is 2. The molecule has 0 aromatic heterocycles. The maximum Gasteiger partial charge on any atom is 0.264 e. The quantitative estimate of drug-likeness (QED) is 0.321. The number of benzene rings is 3. The number of rotatable bonds is 10. The van der Waals surface area contributed by atoms with Crippen molar-refractivity contribution in [2.75, 3.05) is 10.8 Å². The zero-order valence-electron chi connectivity index (χ0n) is 21.1. The Kier molecular flexibility index (Phi) is 10.1. The average molecular weight is 597 g/mol. The van der Waals surface area contributed by atoms with Crippen molar-refractivity contribution in [3.63, 3.8) is 0 Å². The molecule has 0 spiro atoms. The smallest absolute Gasteiger partial charge is 0.264 e. The fourth-order valence-electron chi connectivity index (χ4n) is 3.69. The lowest BCUT2D eigenvalue weighted by atomic mass is 10.1. The molecular weight excluding hydrogens is 569 g/mol. The molecule has 1 atom stereocenters. The number of anilines is 1. The summed E-state index contributed by atoms with van der Waals surface area (Å²) in [6.45, 7) is 4.64. The van der Waals surface area contributed by atoms with Gasteiger partial charge in [-0.1, -0.05) is 71.2 Å². The second-order valence-electron chi connectivity index (χ2n) is 8.89. The maximum atomic E-state index is 13.8. The SMILES string of the molecule is CC(C)NC(=O)[C@H](C)N(Cc1ccc(Cl)cc1)C(=O)CN(c1cccc(Cl)c1Cl)S(=O)(=O)c1ccccc1. The summed E-state index contributed by atoms with van der Waals surface area (Å²) in [5, 5.41) is 3.44. The van der Waals surface area contributed by atoms with Crippen LogP contribution in [-0.4, -0.2) is 43.8 Å². The van der Waals surface area contributed by atoms with E-state index in [9.17, 15) is 18.0 Å². The number of halogens is 3. The number of amides is 2. The van der Waals surface area contributed by atoms with Crippen molar-refractivity contribution in [1.29, 1.82) is 0 Å². The largest absolute Gasteiger partial charge is 0.352 e. The molecule has 0 aliphatic heterocycles. The zero-order chi connectivity index (χ0) is 28.0. The summed E-state index contributed by atoms with van der Waals surface area (Å²) in [4.78, 5) is 28.1. The Morgan fingerprint density at radius 2 is 1.50 bits per heavy atom. The molecule has 202 valence electrons. The molecule has 0 bridgehead atoms. The van der Waals surface area contributed by atoms with Gasteiger partial charge >= 0.3 is 0 Å². The first kappa shape index (κ1) is 29.8. The summed E-state index contributed by atoms with van der Waals surface area (Å²) in [5.41, 5.74) is 0.757. The average Bonchev–Trinajstić information content (AvgIpc) is 2.88. The van der Waals surface area contributed by atoms with E-state index in [2.05, 4.69) is 5.32 Å². The van der Waals surface area contributed by atoms with E-state index in [1.165, 1.54) is 29.2 Å². The lowest BCUT2D eigenvalue weighted by Crippen LogP contribution is -2.52. The van der Waals surface area contributed by atoms with E-state index >= 15 is 0 Å². The Hall–Kier alpha value is -2.78. The summed E-state index contributed by atoms with van der Waals surface area (Å²) in [7, 11) is -4.24. The van der Waals surface area contributed by atoms with Gasteiger partial charge in [0.2, 0.25) is 11.8 Å². The van der Waals surface area contributed by atoms with Crippen LogP contribution in [0, 0.1) is 0 Å². The lowest BCUT2D eigenvalue weighted by molar-refractivity contribution is -0.139. The molecule has 0 saturated carbocycles. The summed E-state index contributed by atoms with van der Waals surface area (Å²) in [6, 6.07) is 18.0. The van der Waals surface area contributed by atoms with E-state index in [-0.39, 0.29) is 39.1 Å². The minimum atomic E-state index is -4.24. The third kappa shape index (κ3) is 7.20. The van der Waals surface area contributed by atoms with Crippen molar-refractivity contribution in [1.82, 2.24) is 10.2 Å². The molecule has 3 aromatic rings. The summed E-state index contributed by atoms with van der Waals surface area (Å²) in [6.07, 6.45) is 0. The van der Waals surface area contributed by atoms with Crippen molar-refractivity contribution < 1.29 is 18.0 Å². The van der Waals surface area contributed by atoms with Gasteiger partial charge in [-0.3, -0.25) is 13.9 Å². The topological polar surface area (TPSA) is 86.8 Å². The number of nitrogens with zero attached hydrogens (tertiary/aromatic N) is 2. The van der Waals surface area contributed by atoms with E-state index in [0.717, 1.165) is 4.31 Å². The van der Waals surface area contributed by atoms with Gasteiger partial charge in [0.05, 0.1) is 20.6 Å². The van der Waals surface area contributed by atoms with Crippen LogP contribution < -0.4 is 9.62 Å². The molecule has 11 heteroatoms. The molecule has 0 radical (unpaired) electrons. The van der Waals surface area contributed by atoms with Crippen LogP contribution >= 0.6 is 34.8 Å². The molecule has 0 aliphatic carbocycles. The Balaban J connectivity index is 2.06. The highest BCUT2D eigenvalue weighted by molar-refractivity contribution is 7.92. The number of hydrogen-bond acceptors (Lipinski definition) is 4. The predicted octanol–water partition coefficient (Wildman–Crippen LogP) is 5.78. The second kappa shape index (κ2) is 12.8. The highest BCUT2D eigenvalue weighted by atomic mass is 35.5. The van der Waals surface area contributed by atoms with Gasteiger partial charge in [-0.15, -0.1) is 0 Å². The van der Waals surface area contributed by atoms with Crippen molar-refractivity contribution >= 4 is 62.3 Å². The molecule has 3 rings (SSSR count). The molecule has 0 heterocycles. The Morgan fingerprint density at radius 1 is 0.868 bits per heavy atom. The standard InChI is InChI=1S/C27H28Cl3N3O4S/c1-18(2)31-27(35)19(3)32(16-20-12-14-21(28)15-13-20)25(34)17-33(24-11-7-10-23(29)26(24)30)38(36,37)22-8-5-4-6-9-22/h4-15,18-19H,16-17H2,1-3H3,(H,31,35)/t19-/m0/s1. The Morgan fingerprint density at radius 3 is 2.11 bits per heavy atom. The number of sulfonamides is 1. The zero-order valence-corrected chi connectivity index (χ0v) is 24.2. The van der Waals surface area contributed by atoms with Crippen molar-refractivity contribution in [2.45, 2.75) is 44.3 Å².